The van der Waals surface area contributed by atoms with Crippen LogP contribution in [0.3, 0.4) is 0 Å². The third kappa shape index (κ3) is 3.39. The summed E-state index contributed by atoms with van der Waals surface area (Å²) in [5.41, 5.74) is 7.29. The normalized spacial score (nSPS) is 23.6. The van der Waals surface area contributed by atoms with Crippen LogP contribution < -0.4 is 15.2 Å². The number of nitrogens with two attached hydrogens (primary N) is 1. The average Bonchev–Trinajstić information content (AvgIpc) is 2.70. The SMILES string of the molecule is CCOc1ccc(CN2CC(C)C(N)C2)cc1OC. The molecule has 2 rings (SSSR count). The lowest BCUT2D eigenvalue weighted by atomic mass is 10.1. The van der Waals surface area contributed by atoms with E-state index in [1.807, 2.05) is 13.0 Å². The second-order valence-corrected chi connectivity index (χ2v) is 5.25. The molecular formula is C15H24N2O2. The molecule has 4 heteroatoms. The van der Waals surface area contributed by atoms with Gasteiger partial charge in [-0.2, -0.15) is 0 Å². The molecule has 1 fully saturated rings. The van der Waals surface area contributed by atoms with Crippen molar-refractivity contribution in [2.24, 2.45) is 11.7 Å². The Morgan fingerprint density at radius 1 is 1.32 bits per heavy atom. The summed E-state index contributed by atoms with van der Waals surface area (Å²) in [5.74, 6) is 2.18. The molecule has 19 heavy (non-hydrogen) atoms. The van der Waals surface area contributed by atoms with Crippen molar-refractivity contribution in [1.82, 2.24) is 4.90 Å². The predicted molar refractivity (Wildman–Crippen MR) is 76.6 cm³/mol. The molecule has 1 aromatic carbocycles. The molecular weight excluding hydrogens is 240 g/mol. The lowest BCUT2D eigenvalue weighted by Crippen LogP contribution is -2.28. The van der Waals surface area contributed by atoms with E-state index in [0.29, 0.717) is 18.6 Å². The maximum absolute atomic E-state index is 6.06. The van der Waals surface area contributed by atoms with E-state index in [2.05, 4.69) is 24.0 Å². The summed E-state index contributed by atoms with van der Waals surface area (Å²) in [6, 6.07) is 6.43. The minimum atomic E-state index is 0.296. The molecule has 1 saturated heterocycles. The second kappa shape index (κ2) is 6.26. The Morgan fingerprint density at radius 2 is 2.11 bits per heavy atom. The molecule has 0 bridgehead atoms. The number of nitrogens with zero attached hydrogens (tertiary/aromatic N) is 1. The van der Waals surface area contributed by atoms with Gasteiger partial charge >= 0.3 is 0 Å². The van der Waals surface area contributed by atoms with Crippen LogP contribution in [-0.2, 0) is 6.54 Å². The van der Waals surface area contributed by atoms with Gasteiger partial charge in [0, 0.05) is 25.7 Å². The van der Waals surface area contributed by atoms with E-state index < -0.39 is 0 Å². The summed E-state index contributed by atoms with van der Waals surface area (Å²) in [6.45, 7) is 7.78. The number of rotatable bonds is 5. The van der Waals surface area contributed by atoms with Gasteiger partial charge < -0.3 is 15.2 Å². The molecule has 1 aliphatic heterocycles. The van der Waals surface area contributed by atoms with Crippen molar-refractivity contribution in [3.8, 4) is 11.5 Å². The molecule has 2 atom stereocenters. The van der Waals surface area contributed by atoms with Crippen molar-refractivity contribution in [1.29, 1.82) is 0 Å². The molecule has 0 spiro atoms. The first-order valence-electron chi connectivity index (χ1n) is 6.91. The van der Waals surface area contributed by atoms with E-state index in [-0.39, 0.29) is 0 Å². The van der Waals surface area contributed by atoms with Crippen LogP contribution in [-0.4, -0.2) is 37.7 Å². The number of likely N-dealkylation sites (tertiary alicyclic amines) is 1. The Bertz CT molecular complexity index is 413. The first kappa shape index (κ1) is 14.2. The lowest BCUT2D eigenvalue weighted by Gasteiger charge is -2.17. The molecule has 1 aliphatic rings. The molecule has 1 aromatic rings. The first-order valence-corrected chi connectivity index (χ1v) is 6.91. The Labute approximate surface area is 115 Å². The molecule has 0 amide bonds. The Balaban J connectivity index is 2.05. The van der Waals surface area contributed by atoms with Crippen LogP contribution in [0.4, 0.5) is 0 Å². The van der Waals surface area contributed by atoms with Gasteiger partial charge in [-0.3, -0.25) is 4.90 Å². The van der Waals surface area contributed by atoms with Crippen LogP contribution in [0.25, 0.3) is 0 Å². The maximum Gasteiger partial charge on any atom is 0.161 e. The van der Waals surface area contributed by atoms with Crippen LogP contribution in [0.1, 0.15) is 19.4 Å². The Morgan fingerprint density at radius 3 is 2.68 bits per heavy atom. The highest BCUT2D eigenvalue weighted by molar-refractivity contribution is 5.43. The first-order chi connectivity index (χ1) is 9.13. The van der Waals surface area contributed by atoms with Gasteiger partial charge in [-0.15, -0.1) is 0 Å². The van der Waals surface area contributed by atoms with Crippen molar-refractivity contribution in [3.63, 3.8) is 0 Å². The third-order valence-electron chi connectivity index (χ3n) is 3.68. The quantitative estimate of drug-likeness (QED) is 0.882. The Hall–Kier alpha value is -1.26. The molecule has 0 saturated carbocycles. The molecule has 106 valence electrons. The van der Waals surface area contributed by atoms with E-state index in [4.69, 9.17) is 15.2 Å². The molecule has 1 heterocycles. The lowest BCUT2D eigenvalue weighted by molar-refractivity contribution is 0.305. The van der Waals surface area contributed by atoms with Crippen LogP contribution in [0.15, 0.2) is 18.2 Å². The standard InChI is InChI=1S/C15H24N2O2/c1-4-19-14-6-5-12(7-15(14)18-3)9-17-8-11(2)13(16)10-17/h5-7,11,13H,4,8-10,16H2,1-3H3. The zero-order valence-corrected chi connectivity index (χ0v) is 12.1. The van der Waals surface area contributed by atoms with E-state index in [1.54, 1.807) is 7.11 Å². The van der Waals surface area contributed by atoms with Gasteiger partial charge in [0.2, 0.25) is 0 Å². The summed E-state index contributed by atoms with van der Waals surface area (Å²) < 4.78 is 10.9. The van der Waals surface area contributed by atoms with Gasteiger partial charge in [0.15, 0.2) is 11.5 Å². The van der Waals surface area contributed by atoms with Gasteiger partial charge in [0.1, 0.15) is 0 Å². The number of benzene rings is 1. The van der Waals surface area contributed by atoms with Crippen molar-refractivity contribution in [3.05, 3.63) is 23.8 Å². The smallest absolute Gasteiger partial charge is 0.161 e. The highest BCUT2D eigenvalue weighted by Gasteiger charge is 2.26. The van der Waals surface area contributed by atoms with Crippen LogP contribution in [0.2, 0.25) is 0 Å². The fourth-order valence-corrected chi connectivity index (χ4v) is 2.57. The van der Waals surface area contributed by atoms with Gasteiger partial charge in [-0.05, 0) is 30.5 Å². The number of ether oxygens (including phenoxy) is 2. The molecule has 2 unspecified atom stereocenters. The van der Waals surface area contributed by atoms with Crippen LogP contribution in [0.5, 0.6) is 11.5 Å². The molecule has 0 radical (unpaired) electrons. The fourth-order valence-electron chi connectivity index (χ4n) is 2.57. The van der Waals surface area contributed by atoms with Gasteiger partial charge in [-0.25, -0.2) is 0 Å². The van der Waals surface area contributed by atoms with Crippen molar-refractivity contribution in [2.45, 2.75) is 26.4 Å². The Kier molecular flexibility index (Phi) is 4.66. The topological polar surface area (TPSA) is 47.7 Å². The summed E-state index contributed by atoms with van der Waals surface area (Å²) in [6.07, 6.45) is 0. The van der Waals surface area contributed by atoms with Crippen molar-refractivity contribution in [2.75, 3.05) is 26.8 Å². The number of hydrogen-bond acceptors (Lipinski definition) is 4. The minimum absolute atomic E-state index is 0.296. The molecule has 4 nitrogen and oxygen atoms in total. The van der Waals surface area contributed by atoms with Crippen molar-refractivity contribution < 1.29 is 9.47 Å². The summed E-state index contributed by atoms with van der Waals surface area (Å²) in [7, 11) is 1.68. The van der Waals surface area contributed by atoms with Gasteiger partial charge in [0.05, 0.1) is 13.7 Å². The highest BCUT2D eigenvalue weighted by Crippen LogP contribution is 2.29. The summed E-state index contributed by atoms with van der Waals surface area (Å²) in [5, 5.41) is 0. The van der Waals surface area contributed by atoms with Crippen molar-refractivity contribution >= 4 is 0 Å². The van der Waals surface area contributed by atoms with E-state index >= 15 is 0 Å². The van der Waals surface area contributed by atoms with Crippen LogP contribution in [0, 0.1) is 5.92 Å². The predicted octanol–water partition coefficient (Wildman–Crippen LogP) is 1.87. The number of methoxy groups -OCH3 is 1. The zero-order valence-electron chi connectivity index (χ0n) is 12.1. The zero-order chi connectivity index (χ0) is 13.8. The van der Waals surface area contributed by atoms with Crippen LogP contribution >= 0.6 is 0 Å². The van der Waals surface area contributed by atoms with E-state index in [9.17, 15) is 0 Å². The van der Waals surface area contributed by atoms with E-state index in [0.717, 1.165) is 31.1 Å². The maximum atomic E-state index is 6.06. The van der Waals surface area contributed by atoms with E-state index in [1.165, 1.54) is 5.56 Å². The average molecular weight is 264 g/mol. The monoisotopic (exact) mass is 264 g/mol. The molecule has 2 N–H and O–H groups in total. The third-order valence-corrected chi connectivity index (χ3v) is 3.68. The highest BCUT2D eigenvalue weighted by atomic mass is 16.5. The molecule has 0 aliphatic carbocycles. The minimum Gasteiger partial charge on any atom is -0.493 e. The number of hydrogen-bond donors (Lipinski definition) is 1. The largest absolute Gasteiger partial charge is 0.493 e. The summed E-state index contributed by atoms with van der Waals surface area (Å²) >= 11 is 0. The van der Waals surface area contributed by atoms with Gasteiger partial charge in [-0.1, -0.05) is 13.0 Å². The second-order valence-electron chi connectivity index (χ2n) is 5.25. The summed E-state index contributed by atoms with van der Waals surface area (Å²) in [4.78, 5) is 2.39. The molecule has 0 aromatic heterocycles. The van der Waals surface area contributed by atoms with Gasteiger partial charge in [0.25, 0.3) is 0 Å². The fraction of sp³-hybridized carbons (Fsp3) is 0.600.